The molecule has 5 fully saturated rings. The van der Waals surface area contributed by atoms with Crippen molar-refractivity contribution in [2.24, 2.45) is 34.5 Å². The second-order valence-electron chi connectivity index (χ2n) is 11.8. The fourth-order valence-corrected chi connectivity index (χ4v) is 9.66. The lowest BCUT2D eigenvalue weighted by Crippen LogP contribution is -2.54. The summed E-state index contributed by atoms with van der Waals surface area (Å²) in [6.07, 6.45) is 10.2. The highest BCUT2D eigenvalue weighted by atomic mass is 32.2. The molecule has 0 radical (unpaired) electrons. The Bertz CT molecular complexity index is 972. The standard InChI is InChI=1S/C26H36O4S/c1-16-4-7-19(8-5-16)31(27,28)30-18-10-12-25(2)17(14-18)6-9-20-21(25)11-13-26(3)22(20)15-23-24(26)29-23/h4-5,7-8,17-18,20-24H,6,9-15H2,1-3H3/t17?,18?,20-,21-,22+,23?,24?,25+,26+/m1/s1. The molecule has 4 aliphatic carbocycles. The molecule has 0 amide bonds. The van der Waals surface area contributed by atoms with Gasteiger partial charge in [-0.05, 0) is 105 Å². The van der Waals surface area contributed by atoms with Crippen molar-refractivity contribution in [3.8, 4) is 0 Å². The Morgan fingerprint density at radius 2 is 1.68 bits per heavy atom. The lowest BCUT2D eigenvalue weighted by molar-refractivity contribution is -0.128. The van der Waals surface area contributed by atoms with Crippen LogP contribution >= 0.6 is 0 Å². The summed E-state index contributed by atoms with van der Waals surface area (Å²) >= 11 is 0. The van der Waals surface area contributed by atoms with E-state index in [0.29, 0.717) is 29.0 Å². The van der Waals surface area contributed by atoms with E-state index in [-0.39, 0.29) is 11.0 Å². The summed E-state index contributed by atoms with van der Waals surface area (Å²) in [5, 5.41) is 0. The summed E-state index contributed by atoms with van der Waals surface area (Å²) in [5.74, 6) is 3.04. The molecule has 31 heavy (non-hydrogen) atoms. The average Bonchev–Trinajstić information content (AvgIpc) is 3.45. The molecule has 5 aliphatic rings. The van der Waals surface area contributed by atoms with Gasteiger partial charge in [0, 0.05) is 0 Å². The van der Waals surface area contributed by atoms with E-state index in [2.05, 4.69) is 13.8 Å². The van der Waals surface area contributed by atoms with Gasteiger partial charge in [0.25, 0.3) is 10.1 Å². The Labute approximate surface area is 187 Å². The molecule has 9 atom stereocenters. The summed E-state index contributed by atoms with van der Waals surface area (Å²) in [6.45, 7) is 6.99. The van der Waals surface area contributed by atoms with E-state index in [9.17, 15) is 8.42 Å². The van der Waals surface area contributed by atoms with E-state index in [1.54, 1.807) is 12.1 Å². The second kappa shape index (κ2) is 6.80. The number of hydrogen-bond acceptors (Lipinski definition) is 4. The molecule has 6 rings (SSSR count). The van der Waals surface area contributed by atoms with Crippen LogP contribution in [0.3, 0.4) is 0 Å². The second-order valence-corrected chi connectivity index (χ2v) is 13.4. The first kappa shape index (κ1) is 20.7. The minimum absolute atomic E-state index is 0.178. The predicted octanol–water partition coefficient (Wildman–Crippen LogP) is 5.49. The van der Waals surface area contributed by atoms with Gasteiger partial charge >= 0.3 is 0 Å². The van der Waals surface area contributed by atoms with E-state index in [1.807, 2.05) is 19.1 Å². The van der Waals surface area contributed by atoms with Crippen molar-refractivity contribution in [1.29, 1.82) is 0 Å². The van der Waals surface area contributed by atoms with Crippen LogP contribution in [-0.4, -0.2) is 26.7 Å². The quantitative estimate of drug-likeness (QED) is 0.457. The Morgan fingerprint density at radius 1 is 0.935 bits per heavy atom. The minimum atomic E-state index is -3.69. The van der Waals surface area contributed by atoms with Crippen molar-refractivity contribution in [2.45, 2.75) is 95.3 Å². The smallest absolute Gasteiger partial charge is 0.297 e. The van der Waals surface area contributed by atoms with Crippen LogP contribution in [0.1, 0.15) is 70.8 Å². The first-order valence-corrected chi connectivity index (χ1v) is 13.8. The number of rotatable bonds is 3. The van der Waals surface area contributed by atoms with Crippen molar-refractivity contribution >= 4 is 10.1 Å². The summed E-state index contributed by atoms with van der Waals surface area (Å²) < 4.78 is 37.4. The minimum Gasteiger partial charge on any atom is -0.369 e. The van der Waals surface area contributed by atoms with Crippen molar-refractivity contribution in [1.82, 2.24) is 0 Å². The highest BCUT2D eigenvalue weighted by Gasteiger charge is 2.68. The van der Waals surface area contributed by atoms with Crippen LogP contribution in [-0.2, 0) is 19.0 Å². The Balaban J connectivity index is 1.17. The van der Waals surface area contributed by atoms with Crippen LogP contribution in [0.15, 0.2) is 29.2 Å². The lowest BCUT2D eigenvalue weighted by atomic mass is 9.45. The Hall–Kier alpha value is -0.910. The maximum absolute atomic E-state index is 12.8. The number of epoxide rings is 1. The van der Waals surface area contributed by atoms with Crippen LogP contribution in [0, 0.1) is 41.4 Å². The van der Waals surface area contributed by atoms with Gasteiger partial charge in [-0.2, -0.15) is 8.42 Å². The maximum Gasteiger partial charge on any atom is 0.297 e. The summed E-state index contributed by atoms with van der Waals surface area (Å²) in [6, 6.07) is 7.00. The third kappa shape index (κ3) is 3.09. The molecule has 1 aromatic carbocycles. The molecule has 5 heteroatoms. The molecule has 1 aromatic rings. The van der Waals surface area contributed by atoms with Gasteiger partial charge in [0.15, 0.2) is 0 Å². The molecular weight excluding hydrogens is 408 g/mol. The molecule has 1 saturated heterocycles. The Kier molecular flexibility index (Phi) is 4.54. The molecule has 4 nitrogen and oxygen atoms in total. The van der Waals surface area contributed by atoms with E-state index >= 15 is 0 Å². The highest BCUT2D eigenvalue weighted by Crippen LogP contribution is 2.69. The van der Waals surface area contributed by atoms with Crippen LogP contribution in [0.4, 0.5) is 0 Å². The molecule has 0 spiro atoms. The number of benzene rings is 1. The first-order chi connectivity index (χ1) is 14.7. The zero-order chi connectivity index (χ0) is 21.6. The van der Waals surface area contributed by atoms with Crippen molar-refractivity contribution in [3.05, 3.63) is 29.8 Å². The van der Waals surface area contributed by atoms with Gasteiger partial charge in [-0.3, -0.25) is 4.18 Å². The average molecular weight is 445 g/mol. The molecule has 0 N–H and O–H groups in total. The van der Waals surface area contributed by atoms with Gasteiger partial charge in [-0.15, -0.1) is 0 Å². The molecule has 1 aliphatic heterocycles. The lowest BCUT2D eigenvalue weighted by Gasteiger charge is -2.60. The van der Waals surface area contributed by atoms with Gasteiger partial charge in [-0.25, -0.2) is 0 Å². The molecule has 0 bridgehead atoms. The zero-order valence-corrected chi connectivity index (χ0v) is 19.9. The number of aryl methyl sites for hydroxylation is 1. The van der Waals surface area contributed by atoms with Crippen molar-refractivity contribution < 1.29 is 17.3 Å². The monoisotopic (exact) mass is 444 g/mol. The van der Waals surface area contributed by atoms with Gasteiger partial charge in [0.05, 0.1) is 23.2 Å². The van der Waals surface area contributed by atoms with Gasteiger partial charge in [0.1, 0.15) is 0 Å². The molecule has 1 heterocycles. The third-order valence-electron chi connectivity index (χ3n) is 10.3. The summed E-state index contributed by atoms with van der Waals surface area (Å²) in [7, 11) is -3.69. The normalized spacial score (nSPS) is 48.3. The fourth-order valence-electron chi connectivity index (χ4n) is 8.54. The van der Waals surface area contributed by atoms with E-state index in [4.69, 9.17) is 8.92 Å². The molecule has 0 aromatic heterocycles. The Morgan fingerprint density at radius 3 is 2.45 bits per heavy atom. The molecular formula is C26H36O4S. The molecule has 4 saturated carbocycles. The first-order valence-electron chi connectivity index (χ1n) is 12.4. The number of fused-ring (bicyclic) bond motifs is 7. The van der Waals surface area contributed by atoms with Crippen LogP contribution in [0.2, 0.25) is 0 Å². The summed E-state index contributed by atoms with van der Waals surface area (Å²) in [4.78, 5) is 0.281. The van der Waals surface area contributed by atoms with Crippen molar-refractivity contribution in [2.75, 3.05) is 0 Å². The number of ether oxygens (including phenoxy) is 1. The van der Waals surface area contributed by atoms with Crippen LogP contribution in [0.5, 0.6) is 0 Å². The van der Waals surface area contributed by atoms with Gasteiger partial charge in [0.2, 0.25) is 0 Å². The molecule has 170 valence electrons. The van der Waals surface area contributed by atoms with Crippen molar-refractivity contribution in [3.63, 3.8) is 0 Å². The van der Waals surface area contributed by atoms with Gasteiger partial charge in [-0.1, -0.05) is 31.5 Å². The third-order valence-corrected chi connectivity index (χ3v) is 11.7. The fraction of sp³-hybridized carbons (Fsp3) is 0.769. The highest BCUT2D eigenvalue weighted by molar-refractivity contribution is 7.86. The van der Waals surface area contributed by atoms with E-state index in [0.717, 1.165) is 42.6 Å². The van der Waals surface area contributed by atoms with Crippen LogP contribution in [0.25, 0.3) is 0 Å². The molecule has 4 unspecified atom stereocenters. The van der Waals surface area contributed by atoms with E-state index < -0.39 is 10.1 Å². The zero-order valence-electron chi connectivity index (χ0n) is 19.0. The summed E-state index contributed by atoms with van der Waals surface area (Å²) in [5.41, 5.74) is 1.81. The SMILES string of the molecule is Cc1ccc(S(=O)(=O)OC2CC[C@@]3(C)C(CC[C@@H]4[C@H]3CC[C@]3(C)C5OC5C[C@@H]43)C2)cc1. The number of hydrogen-bond donors (Lipinski definition) is 0. The van der Waals surface area contributed by atoms with Gasteiger partial charge < -0.3 is 4.74 Å². The topological polar surface area (TPSA) is 55.9 Å². The predicted molar refractivity (Wildman–Crippen MR) is 119 cm³/mol. The van der Waals surface area contributed by atoms with E-state index in [1.165, 1.54) is 32.1 Å². The maximum atomic E-state index is 12.8. The van der Waals surface area contributed by atoms with Crippen LogP contribution < -0.4 is 0 Å². The largest absolute Gasteiger partial charge is 0.369 e.